The van der Waals surface area contributed by atoms with Gasteiger partial charge in [-0.1, -0.05) is 6.07 Å². The average Bonchev–Trinajstić information content (AvgIpc) is 2.68. The molecule has 2 aromatic rings. The van der Waals surface area contributed by atoms with Crippen LogP contribution < -0.4 is 0 Å². The fourth-order valence-electron chi connectivity index (χ4n) is 1.80. The third-order valence-electron chi connectivity index (χ3n) is 2.77. The Kier molecular flexibility index (Phi) is 3.41. The van der Waals surface area contributed by atoms with Crippen molar-refractivity contribution >= 4 is 5.97 Å². The minimum atomic E-state index is -0.840. The zero-order valence-electron chi connectivity index (χ0n) is 9.93. The number of rotatable bonds is 4. The van der Waals surface area contributed by atoms with Gasteiger partial charge in [0, 0.05) is 12.1 Å². The number of carbonyl (C=O) groups is 1. The molecule has 1 N–H and O–H groups in total. The lowest BCUT2D eigenvalue weighted by Crippen LogP contribution is -2.01. The molecule has 2 rings (SSSR count). The van der Waals surface area contributed by atoms with Crippen LogP contribution in [-0.2, 0) is 11.2 Å². The fraction of sp³-hybridized carbons (Fsp3) is 0.231. The molecule has 0 spiro atoms. The largest absolute Gasteiger partial charge is 0.481 e. The maximum atomic E-state index is 13.1. The molecule has 0 radical (unpaired) electrons. The van der Waals surface area contributed by atoms with Crippen molar-refractivity contribution in [1.29, 1.82) is 0 Å². The van der Waals surface area contributed by atoms with Crippen molar-refractivity contribution in [3.8, 4) is 5.69 Å². The predicted octanol–water partition coefficient (Wildman–Crippen LogP) is 2.34. The summed E-state index contributed by atoms with van der Waals surface area (Å²) in [7, 11) is 0. The van der Waals surface area contributed by atoms with Crippen LogP contribution in [0.2, 0.25) is 0 Å². The lowest BCUT2D eigenvalue weighted by atomic mass is 10.1. The first-order valence-corrected chi connectivity index (χ1v) is 5.59. The Morgan fingerprint density at radius 2 is 2.28 bits per heavy atom. The third-order valence-corrected chi connectivity index (χ3v) is 2.77. The zero-order chi connectivity index (χ0) is 13.1. The number of aryl methyl sites for hydroxylation is 1. The number of carboxylic acid groups (broad SMARTS) is 1. The summed E-state index contributed by atoms with van der Waals surface area (Å²) in [5.74, 6) is -1.16. The van der Waals surface area contributed by atoms with E-state index < -0.39 is 5.97 Å². The molecule has 1 aromatic carbocycles. The highest BCUT2D eigenvalue weighted by Gasteiger charge is 2.09. The van der Waals surface area contributed by atoms with Gasteiger partial charge in [0.15, 0.2) is 0 Å². The average molecular weight is 248 g/mol. The first-order valence-electron chi connectivity index (χ1n) is 5.59. The molecule has 0 fully saturated rings. The lowest BCUT2D eigenvalue weighted by Gasteiger charge is -2.05. The van der Waals surface area contributed by atoms with Crippen molar-refractivity contribution in [2.24, 2.45) is 0 Å². The second kappa shape index (κ2) is 5.00. The molecule has 0 aliphatic carbocycles. The molecular weight excluding hydrogens is 235 g/mol. The molecule has 4 nitrogen and oxygen atoms in total. The van der Waals surface area contributed by atoms with E-state index in [0.29, 0.717) is 12.1 Å². The maximum Gasteiger partial charge on any atom is 0.303 e. The third kappa shape index (κ3) is 2.56. The van der Waals surface area contributed by atoms with Crippen LogP contribution in [0.3, 0.4) is 0 Å². The molecule has 1 heterocycles. The van der Waals surface area contributed by atoms with E-state index in [4.69, 9.17) is 5.11 Å². The van der Waals surface area contributed by atoms with Gasteiger partial charge in [-0.2, -0.15) is 5.10 Å². The number of aliphatic carboxylic acids is 1. The van der Waals surface area contributed by atoms with Gasteiger partial charge in [0.2, 0.25) is 0 Å². The summed E-state index contributed by atoms with van der Waals surface area (Å²) >= 11 is 0. The van der Waals surface area contributed by atoms with Crippen LogP contribution in [0.4, 0.5) is 4.39 Å². The molecule has 0 unspecified atom stereocenters. The molecule has 0 saturated heterocycles. The number of hydrogen-bond donors (Lipinski definition) is 1. The van der Waals surface area contributed by atoms with Gasteiger partial charge in [0.05, 0.1) is 11.9 Å². The van der Waals surface area contributed by atoms with Gasteiger partial charge < -0.3 is 5.11 Å². The van der Waals surface area contributed by atoms with Crippen LogP contribution in [-0.4, -0.2) is 20.9 Å². The molecule has 5 heteroatoms. The second-order valence-electron chi connectivity index (χ2n) is 4.04. The number of nitrogens with zero attached hydrogens (tertiary/aromatic N) is 2. The number of halogens is 1. The summed E-state index contributed by atoms with van der Waals surface area (Å²) < 4.78 is 14.7. The summed E-state index contributed by atoms with van der Waals surface area (Å²) in [6.07, 6.45) is 2.12. The number of benzene rings is 1. The minimum absolute atomic E-state index is 0.0652. The Morgan fingerprint density at radius 1 is 1.50 bits per heavy atom. The number of aromatic nitrogens is 2. The highest BCUT2D eigenvalue weighted by atomic mass is 19.1. The first-order chi connectivity index (χ1) is 8.58. The zero-order valence-corrected chi connectivity index (χ0v) is 9.93. The molecule has 0 aliphatic rings. The van der Waals surface area contributed by atoms with Crippen molar-refractivity contribution in [3.63, 3.8) is 0 Å². The smallest absolute Gasteiger partial charge is 0.303 e. The Hall–Kier alpha value is -2.17. The van der Waals surface area contributed by atoms with Crippen molar-refractivity contribution < 1.29 is 14.3 Å². The highest BCUT2D eigenvalue weighted by Crippen LogP contribution is 2.16. The Bertz CT molecular complexity index is 578. The molecule has 0 bridgehead atoms. The summed E-state index contributed by atoms with van der Waals surface area (Å²) in [5, 5.41) is 12.8. The van der Waals surface area contributed by atoms with Crippen molar-refractivity contribution in [3.05, 3.63) is 47.5 Å². The van der Waals surface area contributed by atoms with Crippen molar-refractivity contribution in [2.75, 3.05) is 0 Å². The summed E-state index contributed by atoms with van der Waals surface area (Å²) in [5.41, 5.74) is 2.33. The van der Waals surface area contributed by atoms with E-state index >= 15 is 0 Å². The van der Waals surface area contributed by atoms with Crippen LogP contribution >= 0.6 is 0 Å². The second-order valence-corrected chi connectivity index (χ2v) is 4.04. The molecule has 0 amide bonds. The molecule has 0 aliphatic heterocycles. The van der Waals surface area contributed by atoms with E-state index in [1.54, 1.807) is 23.0 Å². The van der Waals surface area contributed by atoms with Gasteiger partial charge in [-0.05, 0) is 37.1 Å². The Morgan fingerprint density at radius 3 is 2.94 bits per heavy atom. The SMILES string of the molecule is Cc1c(CCC(=O)O)cnn1-c1cccc(F)c1. The van der Waals surface area contributed by atoms with E-state index in [1.165, 1.54) is 12.1 Å². The first kappa shape index (κ1) is 12.3. The Balaban J connectivity index is 2.28. The molecule has 0 atom stereocenters. The maximum absolute atomic E-state index is 13.1. The monoisotopic (exact) mass is 248 g/mol. The normalized spacial score (nSPS) is 10.6. The molecule has 18 heavy (non-hydrogen) atoms. The standard InChI is InChI=1S/C13H13FN2O2/c1-9-10(5-6-13(17)18)8-15-16(9)12-4-2-3-11(14)7-12/h2-4,7-8H,5-6H2,1H3,(H,17,18). The van der Waals surface area contributed by atoms with Gasteiger partial charge in [-0.25, -0.2) is 9.07 Å². The van der Waals surface area contributed by atoms with Gasteiger partial charge in [-0.3, -0.25) is 4.79 Å². The molecule has 1 aromatic heterocycles. The van der Waals surface area contributed by atoms with Crippen LogP contribution in [0.25, 0.3) is 5.69 Å². The number of hydrogen-bond acceptors (Lipinski definition) is 2. The van der Waals surface area contributed by atoms with Gasteiger partial charge in [0.25, 0.3) is 0 Å². The minimum Gasteiger partial charge on any atom is -0.481 e. The van der Waals surface area contributed by atoms with Gasteiger partial charge in [0.1, 0.15) is 5.82 Å². The topological polar surface area (TPSA) is 55.1 Å². The quantitative estimate of drug-likeness (QED) is 0.903. The highest BCUT2D eigenvalue weighted by molar-refractivity contribution is 5.67. The van der Waals surface area contributed by atoms with Crippen molar-refractivity contribution in [1.82, 2.24) is 9.78 Å². The van der Waals surface area contributed by atoms with Crippen molar-refractivity contribution in [2.45, 2.75) is 19.8 Å². The summed E-state index contributed by atoms with van der Waals surface area (Å²) in [6.45, 7) is 1.84. The van der Waals surface area contributed by atoms with Gasteiger partial charge >= 0.3 is 5.97 Å². The number of carboxylic acids is 1. The predicted molar refractivity (Wildman–Crippen MR) is 64.2 cm³/mol. The summed E-state index contributed by atoms with van der Waals surface area (Å²) in [6, 6.07) is 6.13. The fourth-order valence-corrected chi connectivity index (χ4v) is 1.80. The van der Waals surface area contributed by atoms with Crippen LogP contribution in [0.1, 0.15) is 17.7 Å². The summed E-state index contributed by atoms with van der Waals surface area (Å²) in [4.78, 5) is 10.5. The van der Waals surface area contributed by atoms with E-state index in [1.807, 2.05) is 6.92 Å². The Labute approximate surface area is 104 Å². The van der Waals surface area contributed by atoms with Crippen LogP contribution in [0.5, 0.6) is 0 Å². The molecule has 94 valence electrons. The van der Waals surface area contributed by atoms with E-state index in [2.05, 4.69) is 5.10 Å². The van der Waals surface area contributed by atoms with E-state index in [9.17, 15) is 9.18 Å². The lowest BCUT2D eigenvalue weighted by molar-refractivity contribution is -0.136. The van der Waals surface area contributed by atoms with E-state index in [0.717, 1.165) is 11.3 Å². The van der Waals surface area contributed by atoms with Crippen LogP contribution in [0.15, 0.2) is 30.5 Å². The molecular formula is C13H13FN2O2. The van der Waals surface area contributed by atoms with E-state index in [-0.39, 0.29) is 12.2 Å². The molecule has 0 saturated carbocycles. The van der Waals surface area contributed by atoms with Crippen LogP contribution in [0, 0.1) is 12.7 Å². The van der Waals surface area contributed by atoms with Gasteiger partial charge in [-0.15, -0.1) is 0 Å².